The van der Waals surface area contributed by atoms with E-state index in [4.69, 9.17) is 9.47 Å². The third-order valence-electron chi connectivity index (χ3n) is 5.57. The van der Waals surface area contributed by atoms with Crippen molar-refractivity contribution in [3.05, 3.63) is 71.8 Å². The molecule has 0 spiro atoms. The Morgan fingerprint density at radius 1 is 0.931 bits per heavy atom. The number of anilines is 1. The van der Waals surface area contributed by atoms with Crippen LogP contribution in [-0.2, 0) is 16.4 Å². The van der Waals surface area contributed by atoms with Crippen molar-refractivity contribution in [3.8, 4) is 22.6 Å². The van der Waals surface area contributed by atoms with Crippen LogP contribution in [0.5, 0.6) is 11.5 Å². The highest BCUT2D eigenvalue weighted by atomic mass is 32.2. The van der Waals surface area contributed by atoms with Crippen LogP contribution in [0.2, 0.25) is 0 Å². The molecule has 1 aliphatic heterocycles. The van der Waals surface area contributed by atoms with Crippen LogP contribution in [0.25, 0.3) is 11.1 Å². The predicted molar refractivity (Wildman–Crippen MR) is 112 cm³/mol. The average molecular weight is 407 g/mol. The lowest BCUT2D eigenvalue weighted by Crippen LogP contribution is -2.33. The molecule has 1 atom stereocenters. The van der Waals surface area contributed by atoms with E-state index >= 15 is 0 Å². The molecule has 5 nitrogen and oxygen atoms in total. The van der Waals surface area contributed by atoms with Gasteiger partial charge < -0.3 is 9.47 Å². The molecule has 3 aromatic rings. The minimum Gasteiger partial charge on any atom is -0.449 e. The molecule has 0 fully saturated rings. The fraction of sp³-hybridized carbons (Fsp3) is 0.217. The zero-order chi connectivity index (χ0) is 20.2. The van der Waals surface area contributed by atoms with Crippen molar-refractivity contribution in [1.29, 1.82) is 0 Å². The van der Waals surface area contributed by atoms with E-state index in [2.05, 4.69) is 16.9 Å². The van der Waals surface area contributed by atoms with Crippen LogP contribution >= 0.6 is 0 Å². The molecule has 1 N–H and O–H groups in total. The van der Waals surface area contributed by atoms with Gasteiger partial charge in [-0.3, -0.25) is 4.72 Å². The molecular weight excluding hydrogens is 386 g/mol. The highest BCUT2D eigenvalue weighted by molar-refractivity contribution is 7.92. The topological polar surface area (TPSA) is 64.6 Å². The monoisotopic (exact) mass is 407 g/mol. The van der Waals surface area contributed by atoms with Crippen molar-refractivity contribution in [2.45, 2.75) is 37.4 Å². The molecule has 1 heterocycles. The molecule has 0 aromatic heterocycles. The van der Waals surface area contributed by atoms with Gasteiger partial charge in [-0.2, -0.15) is 0 Å². The van der Waals surface area contributed by atoms with Crippen molar-refractivity contribution in [2.24, 2.45) is 0 Å². The molecule has 6 heteroatoms. The van der Waals surface area contributed by atoms with Gasteiger partial charge in [0.2, 0.25) is 5.79 Å². The Labute approximate surface area is 170 Å². The molecule has 1 unspecified atom stereocenters. The van der Waals surface area contributed by atoms with Gasteiger partial charge in [0, 0.05) is 19.4 Å². The van der Waals surface area contributed by atoms with Crippen molar-refractivity contribution < 1.29 is 17.9 Å². The smallest absolute Gasteiger partial charge is 0.261 e. The maximum Gasteiger partial charge on any atom is 0.261 e. The van der Waals surface area contributed by atoms with Gasteiger partial charge >= 0.3 is 0 Å². The molecule has 3 aromatic carbocycles. The van der Waals surface area contributed by atoms with E-state index in [9.17, 15) is 8.42 Å². The van der Waals surface area contributed by atoms with Crippen LogP contribution in [0, 0.1) is 0 Å². The molecule has 0 saturated carbocycles. The van der Waals surface area contributed by atoms with Crippen LogP contribution in [-0.4, -0.2) is 14.2 Å². The minimum atomic E-state index is -3.72. The Bertz CT molecular complexity index is 1240. The summed E-state index contributed by atoms with van der Waals surface area (Å²) in [6.45, 7) is 3.83. The maximum absolute atomic E-state index is 13.0. The van der Waals surface area contributed by atoms with E-state index < -0.39 is 15.8 Å². The number of benzene rings is 3. The van der Waals surface area contributed by atoms with Gasteiger partial charge in [-0.05, 0) is 52.9 Å². The highest BCUT2D eigenvalue weighted by Gasteiger charge is 2.35. The summed E-state index contributed by atoms with van der Waals surface area (Å²) in [5, 5.41) is 0. The fourth-order valence-electron chi connectivity index (χ4n) is 3.87. The summed E-state index contributed by atoms with van der Waals surface area (Å²) >= 11 is 0. The molecule has 29 heavy (non-hydrogen) atoms. The van der Waals surface area contributed by atoms with E-state index in [1.54, 1.807) is 30.3 Å². The molecule has 0 saturated heterocycles. The van der Waals surface area contributed by atoms with Crippen molar-refractivity contribution in [1.82, 2.24) is 0 Å². The molecule has 1 aliphatic carbocycles. The van der Waals surface area contributed by atoms with Crippen molar-refractivity contribution in [3.63, 3.8) is 0 Å². The van der Waals surface area contributed by atoms with Crippen molar-refractivity contribution in [2.75, 3.05) is 4.72 Å². The molecule has 0 amide bonds. The predicted octanol–water partition coefficient (Wildman–Crippen LogP) is 4.96. The second kappa shape index (κ2) is 6.26. The summed E-state index contributed by atoms with van der Waals surface area (Å²) in [5.41, 5.74) is 4.96. The van der Waals surface area contributed by atoms with E-state index in [0.29, 0.717) is 23.6 Å². The van der Waals surface area contributed by atoms with Crippen molar-refractivity contribution >= 4 is 15.7 Å². The summed E-state index contributed by atoms with van der Waals surface area (Å²) < 4.78 is 40.2. The Morgan fingerprint density at radius 2 is 1.69 bits per heavy atom. The summed E-state index contributed by atoms with van der Waals surface area (Å²) in [4.78, 5) is 0.250. The van der Waals surface area contributed by atoms with Crippen LogP contribution in [0.15, 0.2) is 65.6 Å². The number of nitrogens with one attached hydrogen (secondary N) is 1. The quantitative estimate of drug-likeness (QED) is 0.520. The zero-order valence-corrected chi connectivity index (χ0v) is 17.0. The van der Waals surface area contributed by atoms with Gasteiger partial charge in [0.05, 0.1) is 10.6 Å². The zero-order valence-electron chi connectivity index (χ0n) is 16.2. The first kappa shape index (κ1) is 18.1. The number of hydrogen-bond donors (Lipinski definition) is 1. The lowest BCUT2D eigenvalue weighted by molar-refractivity contribution is -0.0640. The lowest BCUT2D eigenvalue weighted by atomic mass is 10.1. The second-order valence-corrected chi connectivity index (χ2v) is 9.29. The van der Waals surface area contributed by atoms with Crippen LogP contribution in [0.4, 0.5) is 5.69 Å². The molecule has 5 rings (SSSR count). The second-order valence-electron chi connectivity index (χ2n) is 7.61. The first-order chi connectivity index (χ1) is 13.9. The minimum absolute atomic E-state index is 0.250. The summed E-state index contributed by atoms with van der Waals surface area (Å²) in [6.07, 6.45) is 1.43. The molecule has 148 valence electrons. The van der Waals surface area contributed by atoms with E-state index in [0.717, 1.165) is 17.5 Å². The van der Waals surface area contributed by atoms with E-state index in [-0.39, 0.29) is 4.90 Å². The molecule has 0 bridgehead atoms. The van der Waals surface area contributed by atoms with E-state index in [1.807, 2.05) is 32.0 Å². The van der Waals surface area contributed by atoms with Gasteiger partial charge in [0.15, 0.2) is 11.5 Å². The Balaban J connectivity index is 1.42. The summed E-state index contributed by atoms with van der Waals surface area (Å²) in [5.74, 6) is 0.445. The SMILES string of the molecule is CCC1(C)Oc2ccc(NS(=O)(=O)c3ccc4c(c3)Cc3ccccc3-4)cc2O1. The van der Waals surface area contributed by atoms with E-state index in [1.165, 1.54) is 11.1 Å². The van der Waals surface area contributed by atoms with Crippen LogP contribution in [0.1, 0.15) is 31.4 Å². The fourth-order valence-corrected chi connectivity index (χ4v) is 4.97. The standard InChI is InChI=1S/C23H21NO4S/c1-3-23(2)27-21-11-8-17(14-22(21)28-23)24-29(25,26)18-9-10-20-16(13-18)12-15-6-4-5-7-19(15)20/h4-11,13-14,24H,3,12H2,1-2H3. The first-order valence-corrected chi connectivity index (χ1v) is 11.1. The first-order valence-electron chi connectivity index (χ1n) is 9.63. The third-order valence-corrected chi connectivity index (χ3v) is 6.94. The third kappa shape index (κ3) is 3.04. The summed E-state index contributed by atoms with van der Waals surface area (Å²) in [6, 6.07) is 18.6. The van der Waals surface area contributed by atoms with Gasteiger partial charge in [0.25, 0.3) is 10.0 Å². The Hall–Kier alpha value is -2.99. The number of hydrogen-bond acceptors (Lipinski definition) is 4. The number of ether oxygens (including phenoxy) is 2. The number of rotatable bonds is 4. The Morgan fingerprint density at radius 3 is 2.52 bits per heavy atom. The van der Waals surface area contributed by atoms with Crippen LogP contribution in [0.3, 0.4) is 0 Å². The highest BCUT2D eigenvalue weighted by Crippen LogP contribution is 2.42. The van der Waals surface area contributed by atoms with Gasteiger partial charge in [0.1, 0.15) is 0 Å². The Kier molecular flexibility index (Phi) is 3.90. The maximum atomic E-state index is 13.0. The van der Waals surface area contributed by atoms with Crippen LogP contribution < -0.4 is 14.2 Å². The van der Waals surface area contributed by atoms with Gasteiger partial charge in [-0.25, -0.2) is 8.42 Å². The van der Waals surface area contributed by atoms with Gasteiger partial charge in [-0.1, -0.05) is 37.3 Å². The molecule has 2 aliphatic rings. The molecule has 0 radical (unpaired) electrons. The van der Waals surface area contributed by atoms with Gasteiger partial charge in [-0.15, -0.1) is 0 Å². The summed E-state index contributed by atoms with van der Waals surface area (Å²) in [7, 11) is -3.72. The largest absolute Gasteiger partial charge is 0.449 e. The normalized spacial score (nSPS) is 19.0. The number of sulfonamides is 1. The average Bonchev–Trinajstić information content (AvgIpc) is 3.24. The number of fused-ring (bicyclic) bond motifs is 4. The lowest BCUT2D eigenvalue weighted by Gasteiger charge is -2.20. The molecular formula is C23H21NO4S.